The lowest BCUT2D eigenvalue weighted by Gasteiger charge is -2.14. The molecule has 0 radical (unpaired) electrons. The van der Waals surface area contributed by atoms with E-state index >= 15 is 0 Å². The van der Waals surface area contributed by atoms with Crippen molar-refractivity contribution in [2.75, 3.05) is 0 Å². The molecule has 1 aromatic heterocycles. The van der Waals surface area contributed by atoms with Gasteiger partial charge in [-0.15, -0.1) is 0 Å². The number of benzene rings is 7. The minimum absolute atomic E-state index is 0.668. The molecule has 1 heterocycles. The Bertz CT molecular complexity index is 2280. The van der Waals surface area contributed by atoms with Crippen LogP contribution in [0.1, 0.15) is 0 Å². The van der Waals surface area contributed by atoms with Crippen LogP contribution in [0.5, 0.6) is 0 Å². The maximum Gasteiger partial charge on any atom is 0.164 e. The molecule has 0 fully saturated rings. The van der Waals surface area contributed by atoms with Crippen molar-refractivity contribution in [1.82, 2.24) is 15.0 Å². The predicted octanol–water partition coefficient (Wildman–Crippen LogP) is 9.98. The van der Waals surface area contributed by atoms with Gasteiger partial charge in [-0.25, -0.2) is 15.0 Å². The molecule has 0 saturated carbocycles. The fourth-order valence-electron chi connectivity index (χ4n) is 6.56. The first-order chi connectivity index (χ1) is 20.8. The smallest absolute Gasteiger partial charge is 0.164 e. The van der Waals surface area contributed by atoms with Crippen LogP contribution in [0.3, 0.4) is 0 Å². The lowest BCUT2D eigenvalue weighted by molar-refractivity contribution is 1.08. The van der Waals surface area contributed by atoms with Crippen LogP contribution < -0.4 is 0 Å². The molecule has 0 N–H and O–H groups in total. The highest BCUT2D eigenvalue weighted by Gasteiger charge is 2.27. The molecule has 7 aromatic carbocycles. The molecule has 0 atom stereocenters. The van der Waals surface area contributed by atoms with Gasteiger partial charge in [0.05, 0.1) is 0 Å². The van der Waals surface area contributed by atoms with Crippen molar-refractivity contribution in [3.8, 4) is 56.4 Å². The van der Waals surface area contributed by atoms with Crippen molar-refractivity contribution < 1.29 is 0 Å². The van der Waals surface area contributed by atoms with E-state index in [2.05, 4.69) is 103 Å². The van der Waals surface area contributed by atoms with E-state index in [-0.39, 0.29) is 0 Å². The molecule has 0 spiro atoms. The fourth-order valence-corrected chi connectivity index (χ4v) is 6.56. The maximum atomic E-state index is 5.11. The van der Waals surface area contributed by atoms with Crippen LogP contribution in [-0.4, -0.2) is 15.0 Å². The molecule has 0 aliphatic heterocycles. The lowest BCUT2D eigenvalue weighted by atomic mass is 9.92. The van der Waals surface area contributed by atoms with Gasteiger partial charge in [0.2, 0.25) is 0 Å². The molecule has 3 nitrogen and oxygen atoms in total. The van der Waals surface area contributed by atoms with Crippen molar-refractivity contribution in [3.05, 3.63) is 140 Å². The molecule has 1 aliphatic rings. The molecule has 0 saturated heterocycles. The van der Waals surface area contributed by atoms with E-state index in [9.17, 15) is 0 Å². The summed E-state index contributed by atoms with van der Waals surface area (Å²) >= 11 is 0. The monoisotopic (exact) mass is 533 g/mol. The van der Waals surface area contributed by atoms with Crippen LogP contribution in [0.4, 0.5) is 0 Å². The van der Waals surface area contributed by atoms with Crippen LogP contribution in [0.25, 0.3) is 88.7 Å². The number of nitrogens with zero attached hydrogens (tertiary/aromatic N) is 3. The Morgan fingerprint density at radius 1 is 0.333 bits per heavy atom. The summed E-state index contributed by atoms with van der Waals surface area (Å²) in [6.07, 6.45) is 0. The predicted molar refractivity (Wildman–Crippen MR) is 173 cm³/mol. The summed E-state index contributed by atoms with van der Waals surface area (Å²) in [4.78, 5) is 15.2. The zero-order valence-corrected chi connectivity index (χ0v) is 22.6. The highest BCUT2D eigenvalue weighted by Crippen LogP contribution is 2.53. The van der Waals surface area contributed by atoms with E-state index in [1.165, 1.54) is 54.6 Å². The van der Waals surface area contributed by atoms with Crippen LogP contribution in [0.2, 0.25) is 0 Å². The average Bonchev–Trinajstić information content (AvgIpc) is 3.40. The molecule has 1 aliphatic carbocycles. The molecule has 3 heteroatoms. The van der Waals surface area contributed by atoms with Gasteiger partial charge in [-0.05, 0) is 61.3 Å². The summed E-state index contributed by atoms with van der Waals surface area (Å²) in [6.45, 7) is 0. The van der Waals surface area contributed by atoms with Gasteiger partial charge in [-0.2, -0.15) is 0 Å². The summed E-state index contributed by atoms with van der Waals surface area (Å²) in [6, 6.07) is 49.0. The normalized spacial score (nSPS) is 11.8. The molecule has 9 rings (SSSR count). The molecule has 0 bridgehead atoms. The summed E-state index contributed by atoms with van der Waals surface area (Å²) < 4.78 is 0. The first-order valence-corrected chi connectivity index (χ1v) is 14.2. The van der Waals surface area contributed by atoms with Gasteiger partial charge in [-0.3, -0.25) is 0 Å². The Morgan fingerprint density at radius 3 is 1.60 bits per heavy atom. The van der Waals surface area contributed by atoms with Gasteiger partial charge >= 0.3 is 0 Å². The molecular formula is C39H23N3. The van der Waals surface area contributed by atoms with Gasteiger partial charge in [-0.1, -0.05) is 127 Å². The van der Waals surface area contributed by atoms with E-state index in [0.717, 1.165) is 16.7 Å². The number of rotatable bonds is 3. The second-order valence-electron chi connectivity index (χ2n) is 10.8. The van der Waals surface area contributed by atoms with E-state index in [4.69, 9.17) is 15.0 Å². The summed E-state index contributed by atoms with van der Waals surface area (Å²) in [5, 5.41) is 7.39. The summed E-state index contributed by atoms with van der Waals surface area (Å²) in [5.41, 5.74) is 8.06. The Hall–Kier alpha value is -5.67. The Balaban J connectivity index is 1.40. The molecule has 0 unspecified atom stereocenters. The third kappa shape index (κ3) is 3.37. The Kier molecular flexibility index (Phi) is 4.90. The van der Waals surface area contributed by atoms with Crippen molar-refractivity contribution in [2.24, 2.45) is 0 Å². The maximum absolute atomic E-state index is 5.11. The topological polar surface area (TPSA) is 38.7 Å². The van der Waals surface area contributed by atoms with Gasteiger partial charge < -0.3 is 0 Å². The van der Waals surface area contributed by atoms with Crippen LogP contribution >= 0.6 is 0 Å². The quantitative estimate of drug-likeness (QED) is 0.212. The first-order valence-electron chi connectivity index (χ1n) is 14.2. The summed E-state index contributed by atoms with van der Waals surface area (Å²) in [5.74, 6) is 2.01. The van der Waals surface area contributed by atoms with Crippen LogP contribution in [-0.2, 0) is 0 Å². The fraction of sp³-hybridized carbons (Fsp3) is 0. The van der Waals surface area contributed by atoms with E-state index in [1.807, 2.05) is 36.4 Å². The van der Waals surface area contributed by atoms with Crippen molar-refractivity contribution >= 4 is 32.3 Å². The molecular weight excluding hydrogens is 510 g/mol. The van der Waals surface area contributed by atoms with Crippen molar-refractivity contribution in [3.63, 3.8) is 0 Å². The molecule has 194 valence electrons. The minimum atomic E-state index is 0.668. The molecule has 0 amide bonds. The SMILES string of the molecule is c1ccc(-c2nc(-c3ccccc3)nc(-c3ccc4c5c(cc6ccccc6c35)-c3ccc5ccccc5c3-4)n2)cc1. The zero-order valence-electron chi connectivity index (χ0n) is 22.6. The number of hydrogen-bond acceptors (Lipinski definition) is 3. The van der Waals surface area contributed by atoms with E-state index in [0.29, 0.717) is 17.5 Å². The third-order valence-electron chi connectivity index (χ3n) is 8.43. The number of hydrogen-bond donors (Lipinski definition) is 0. The van der Waals surface area contributed by atoms with Gasteiger partial charge in [0.1, 0.15) is 0 Å². The Morgan fingerprint density at radius 2 is 0.881 bits per heavy atom. The lowest BCUT2D eigenvalue weighted by Crippen LogP contribution is -2.00. The highest BCUT2D eigenvalue weighted by molar-refractivity contribution is 6.29. The Labute approximate surface area is 242 Å². The largest absolute Gasteiger partial charge is 0.208 e. The van der Waals surface area contributed by atoms with Crippen LogP contribution in [0.15, 0.2) is 140 Å². The van der Waals surface area contributed by atoms with Crippen molar-refractivity contribution in [1.29, 1.82) is 0 Å². The number of aromatic nitrogens is 3. The zero-order chi connectivity index (χ0) is 27.6. The molecule has 42 heavy (non-hydrogen) atoms. The van der Waals surface area contributed by atoms with Gasteiger partial charge in [0, 0.05) is 22.1 Å². The second-order valence-corrected chi connectivity index (χ2v) is 10.8. The first kappa shape index (κ1) is 23.1. The van der Waals surface area contributed by atoms with Gasteiger partial charge in [0.15, 0.2) is 17.5 Å². The van der Waals surface area contributed by atoms with Gasteiger partial charge in [0.25, 0.3) is 0 Å². The average molecular weight is 534 g/mol. The highest BCUT2D eigenvalue weighted by atomic mass is 15.0. The minimum Gasteiger partial charge on any atom is -0.208 e. The number of fused-ring (bicyclic) bond motifs is 7. The third-order valence-corrected chi connectivity index (χ3v) is 8.43. The summed E-state index contributed by atoms with van der Waals surface area (Å²) in [7, 11) is 0. The standard InChI is InChI=1S/C39H23N3/c1-3-12-25(13-4-1)37-40-38(26-14-5-2-6-15-26)42-39(41-37)32-22-21-31-34-28-17-9-7-11-24(28)19-20-30(34)33-23-27-16-8-10-18-29(27)35(32)36(31)33/h1-23H. The van der Waals surface area contributed by atoms with Crippen molar-refractivity contribution in [2.45, 2.75) is 0 Å². The van der Waals surface area contributed by atoms with Crippen LogP contribution in [0, 0.1) is 0 Å². The van der Waals surface area contributed by atoms with E-state index < -0.39 is 0 Å². The second kappa shape index (κ2) is 8.92. The molecule has 8 aromatic rings. The van der Waals surface area contributed by atoms with E-state index in [1.54, 1.807) is 0 Å².